The summed E-state index contributed by atoms with van der Waals surface area (Å²) in [7, 11) is 2.51. The number of likely N-dealkylation sites (tertiary alicyclic amines) is 3. The van der Waals surface area contributed by atoms with E-state index in [9.17, 15) is 126 Å². The van der Waals surface area contributed by atoms with Crippen molar-refractivity contribution >= 4 is 53.5 Å². The van der Waals surface area contributed by atoms with Crippen LogP contribution in [0.25, 0.3) is 0 Å². The number of aliphatic hydroxyl groups is 16. The van der Waals surface area contributed by atoms with Crippen LogP contribution < -0.4 is 17.2 Å². The molecule has 3 heterocycles. The normalized spacial score (nSPS) is 32.6. The van der Waals surface area contributed by atoms with Gasteiger partial charge in [-0.1, -0.05) is 0 Å². The lowest BCUT2D eigenvalue weighted by molar-refractivity contribution is -0.188. The fourth-order valence-corrected chi connectivity index (χ4v) is 9.05. The van der Waals surface area contributed by atoms with Gasteiger partial charge in [-0.2, -0.15) is 0 Å². The Morgan fingerprint density at radius 3 is 0.882 bits per heavy atom. The van der Waals surface area contributed by atoms with Crippen molar-refractivity contribution in [3.8, 4) is 0 Å². The minimum absolute atomic E-state index is 0.457. The summed E-state index contributed by atoms with van der Waals surface area (Å²) in [6.07, 6.45) is -18.3. The van der Waals surface area contributed by atoms with Crippen LogP contribution in [0.15, 0.2) is 15.0 Å². The van der Waals surface area contributed by atoms with Crippen molar-refractivity contribution in [1.82, 2.24) is 29.4 Å². The number of piperidine rings is 3. The van der Waals surface area contributed by atoms with Crippen LogP contribution in [-0.4, -0.2) is 369 Å². The molecule has 14 atom stereocenters. The molecular weight excluding hydrogens is 1040 g/mol. The molecule has 76 heavy (non-hydrogen) atoms. The summed E-state index contributed by atoms with van der Waals surface area (Å²) in [6.45, 7) is -10.1. The summed E-state index contributed by atoms with van der Waals surface area (Å²) < 4.78 is 0. The number of hydrogen-bond donors (Lipinski definition) is 22. The Bertz CT molecular complexity index is 2050. The van der Waals surface area contributed by atoms with Crippen LogP contribution in [-0.2, 0) is 28.8 Å². The molecule has 3 aliphatic rings. The van der Waals surface area contributed by atoms with E-state index in [-0.39, 0.29) is 0 Å². The topological polar surface area (TPSA) is 621 Å². The minimum Gasteiger partial charge on any atom is -0.480 e. The number of nitrogens with two attached hydrogens (primary N) is 3. The number of carbonyl (C=O) groups is 6. The highest BCUT2D eigenvalue weighted by molar-refractivity contribution is 6.02. The zero-order chi connectivity index (χ0) is 58.4. The number of carboxylic acids is 3. The highest BCUT2D eigenvalue weighted by atomic mass is 16.4. The van der Waals surface area contributed by atoms with Crippen LogP contribution in [0.4, 0.5) is 0 Å². The maximum Gasteiger partial charge on any atom is 0.358 e. The Morgan fingerprint density at radius 2 is 0.684 bits per heavy atom. The second-order valence-electron chi connectivity index (χ2n) is 18.1. The summed E-state index contributed by atoms with van der Waals surface area (Å²) in [5, 5.41) is 199. The average molecular weight is 1110 g/mol. The zero-order valence-electron chi connectivity index (χ0n) is 40.8. The van der Waals surface area contributed by atoms with Gasteiger partial charge in [-0.3, -0.25) is 14.4 Å². The molecule has 3 aliphatic heterocycles. The minimum atomic E-state index is -4.73. The summed E-state index contributed by atoms with van der Waals surface area (Å²) in [5.74, 6) is -16.1. The number of likely N-dealkylation sites (N-methyl/N-ethyl adjacent to an activating group) is 3. The van der Waals surface area contributed by atoms with Crippen molar-refractivity contribution in [3.05, 3.63) is 0 Å². The molecule has 0 aromatic heterocycles. The van der Waals surface area contributed by atoms with Crippen molar-refractivity contribution in [2.75, 3.05) is 80.4 Å². The van der Waals surface area contributed by atoms with Gasteiger partial charge in [0.25, 0.3) is 11.3 Å². The molecule has 3 saturated heterocycles. The van der Waals surface area contributed by atoms with E-state index < -0.39 is 221 Å². The third-order valence-electron chi connectivity index (χ3n) is 13.5. The lowest BCUT2D eigenvalue weighted by Gasteiger charge is -2.48. The van der Waals surface area contributed by atoms with Gasteiger partial charge in [-0.15, -0.1) is 0 Å². The Hall–Kier alpha value is -6.01. The molecule has 0 aromatic carbocycles. The van der Waals surface area contributed by atoms with Crippen LogP contribution in [0.2, 0.25) is 0 Å². The quantitative estimate of drug-likeness (QED) is 0.0398. The Morgan fingerprint density at radius 1 is 0.447 bits per heavy atom. The Balaban J connectivity index is 2.32. The van der Waals surface area contributed by atoms with Crippen molar-refractivity contribution < 1.29 is 126 Å². The van der Waals surface area contributed by atoms with Gasteiger partial charge < -0.3 is 144 Å². The van der Waals surface area contributed by atoms with Crippen LogP contribution in [0.5, 0.6) is 0 Å². The van der Waals surface area contributed by atoms with Gasteiger partial charge in [0.15, 0.2) is 23.9 Å². The highest BCUT2D eigenvalue weighted by Crippen LogP contribution is 2.36. The lowest BCUT2D eigenvalue weighted by Crippen LogP contribution is -2.71. The number of aliphatic carboxylic acids is 3. The first-order valence-corrected chi connectivity index (χ1v) is 22.6. The third-order valence-corrected chi connectivity index (χ3v) is 13.5. The van der Waals surface area contributed by atoms with Crippen LogP contribution >= 0.6 is 0 Å². The van der Waals surface area contributed by atoms with E-state index in [2.05, 4.69) is 15.0 Å². The van der Waals surface area contributed by atoms with Crippen molar-refractivity contribution in [3.63, 3.8) is 0 Å². The van der Waals surface area contributed by atoms with Gasteiger partial charge >= 0.3 is 17.9 Å². The molecule has 0 radical (unpaired) electrons. The molecule has 14 unspecified atom stereocenters. The van der Waals surface area contributed by atoms with Gasteiger partial charge in [0, 0.05) is 21.1 Å². The van der Waals surface area contributed by atoms with Gasteiger partial charge in [-0.25, -0.2) is 29.4 Å². The predicted octanol–water partition coefficient (Wildman–Crippen LogP) is -16.3. The first kappa shape index (κ1) is 64.3. The molecule has 434 valence electrons. The third kappa shape index (κ3) is 12.1. The molecular formula is C39H68N12O25. The maximum atomic E-state index is 13.8. The summed E-state index contributed by atoms with van der Waals surface area (Å²) in [4.78, 5) is 95.4. The second kappa shape index (κ2) is 25.9. The van der Waals surface area contributed by atoms with Gasteiger partial charge in [0.05, 0.1) is 95.5 Å². The van der Waals surface area contributed by atoms with E-state index in [0.717, 1.165) is 21.1 Å². The van der Waals surface area contributed by atoms with Crippen molar-refractivity contribution in [1.29, 1.82) is 0 Å². The van der Waals surface area contributed by atoms with Crippen molar-refractivity contribution in [2.45, 2.75) is 108 Å². The van der Waals surface area contributed by atoms with E-state index in [1.54, 1.807) is 0 Å². The summed E-state index contributed by atoms with van der Waals surface area (Å²) >= 11 is 0. The average Bonchev–Trinajstić information content (AvgIpc) is 3.36. The molecule has 0 spiro atoms. The smallest absolute Gasteiger partial charge is 0.358 e. The number of carbonyl (C=O) groups excluding carboxylic acids is 3. The molecule has 3 rings (SSSR count). The largest absolute Gasteiger partial charge is 0.480 e. The SMILES string of the molecule is CN(CC(=O)N1C(CO)C(O)C(O)C(O)C1CO)C(N)=NC(C(=O)O)C(O)(C(=O)O)C(N=C(N)N(C)CC(=O)N1C(CO)C(O)C(O)C(O)C1CO)(N=C(N)N(C)CC(=O)N1C(CO)C(O)C(O)C(O)C1CO)C(=O)O. The van der Waals surface area contributed by atoms with Crippen LogP contribution in [0.1, 0.15) is 0 Å². The van der Waals surface area contributed by atoms with E-state index >= 15 is 0 Å². The molecule has 37 heteroatoms. The van der Waals surface area contributed by atoms with E-state index in [0.29, 0.717) is 29.4 Å². The number of carboxylic acid groups (broad SMARTS) is 3. The number of amides is 3. The van der Waals surface area contributed by atoms with E-state index in [1.165, 1.54) is 0 Å². The Kier molecular flexibility index (Phi) is 21.9. The fraction of sp³-hybridized carbons (Fsp3) is 0.769. The zero-order valence-corrected chi connectivity index (χ0v) is 40.8. The lowest BCUT2D eigenvalue weighted by atomic mass is 9.81. The highest BCUT2D eigenvalue weighted by Gasteiger charge is 2.70. The van der Waals surface area contributed by atoms with Gasteiger partial charge in [0.2, 0.25) is 17.7 Å². The predicted molar refractivity (Wildman–Crippen MR) is 247 cm³/mol. The number of rotatable bonds is 20. The first-order chi connectivity index (χ1) is 35.3. The Labute approximate surface area is 429 Å². The standard InChI is InChI=1S/C39H68N12O25/c1-46(4-19(58)49-13(7-52)22(61)28(67)23(62)14(49)8-53)35(40)43-31(32(70)71)38(76,33(72)73)39(34(74)75,44-36(41)47(2)5-20(59)50-15(9-54)24(63)29(68)25(64)16(50)10-55)45-37(42)48(3)6-21(60)51-17(11-56)26(65)30(69)27(66)18(51)12-57/h13-18,22-31,52-57,61-69,76H,4-12H2,1-3H3,(H2,40,43)(H2,41,44)(H2,42,45)(H,70,71)(H,72,73)(H,74,75). The molecule has 0 aromatic rings. The maximum absolute atomic E-state index is 13.8. The summed E-state index contributed by atoms with van der Waals surface area (Å²) in [5.41, 5.74) is 9.10. The number of aliphatic hydroxyl groups excluding tert-OH is 15. The first-order valence-electron chi connectivity index (χ1n) is 22.6. The number of nitrogens with zero attached hydrogens (tertiary/aromatic N) is 9. The monoisotopic (exact) mass is 1100 g/mol. The molecule has 3 amide bonds. The molecule has 25 N–H and O–H groups in total. The van der Waals surface area contributed by atoms with E-state index in [4.69, 9.17) is 17.2 Å². The van der Waals surface area contributed by atoms with Crippen molar-refractivity contribution in [2.24, 2.45) is 32.2 Å². The number of aliphatic imine (C=N–C) groups is 3. The van der Waals surface area contributed by atoms with E-state index in [1.807, 2.05) is 0 Å². The molecule has 3 fully saturated rings. The summed E-state index contributed by atoms with van der Waals surface area (Å²) in [6, 6.07) is -13.9. The molecule has 0 saturated carbocycles. The molecule has 37 nitrogen and oxygen atoms in total. The van der Waals surface area contributed by atoms with Gasteiger partial charge in [-0.05, 0) is 0 Å². The van der Waals surface area contributed by atoms with Crippen LogP contribution in [0, 0.1) is 0 Å². The molecule has 0 bridgehead atoms. The number of hydrogen-bond acceptors (Lipinski definition) is 25. The number of guanidine groups is 3. The molecule has 0 aliphatic carbocycles. The fourth-order valence-electron chi connectivity index (χ4n) is 9.05. The second-order valence-corrected chi connectivity index (χ2v) is 18.1. The van der Waals surface area contributed by atoms with Gasteiger partial charge in [0.1, 0.15) is 54.9 Å². The van der Waals surface area contributed by atoms with Crippen LogP contribution in [0.3, 0.4) is 0 Å².